The summed E-state index contributed by atoms with van der Waals surface area (Å²) < 4.78 is 5.48. The smallest absolute Gasteiger partial charge is 0.171 e. The van der Waals surface area contributed by atoms with Crippen LogP contribution in [0.25, 0.3) is 11.0 Å². The molecule has 6 atom stereocenters. The van der Waals surface area contributed by atoms with Gasteiger partial charge >= 0.3 is 0 Å². The number of aromatic nitrogens is 1. The topological polar surface area (TPSA) is 172 Å². The van der Waals surface area contributed by atoms with Gasteiger partial charge in [-0.3, -0.25) is 19.5 Å². The number of halogens is 1. The maximum atomic E-state index is 12.4. The number of carbonyl (C=O) groups excluding carboxylic acids is 1. The Balaban J connectivity index is 0.000000142. The van der Waals surface area contributed by atoms with Crippen molar-refractivity contribution in [3.63, 3.8) is 0 Å². The predicted octanol–water partition coefficient (Wildman–Crippen LogP) is 7.01. The molecule has 3 aliphatic heterocycles. The number of nitrogens with zero attached hydrogens (tertiary/aromatic N) is 5. The molecule has 6 aliphatic rings. The molecule has 1 aromatic heterocycles. The number of Topliss-reactive ketones (excluding diaryl/α,β-unsaturated/α-hetero) is 1. The van der Waals surface area contributed by atoms with E-state index in [0.717, 1.165) is 94.0 Å². The number of ketones is 1. The Kier molecular flexibility index (Phi) is 13.9. The third kappa shape index (κ3) is 8.22. The molecule has 0 spiro atoms. The number of phenolic OH excluding ortho intramolecular Hbond substituents is 2. The maximum Gasteiger partial charge on any atom is 0.171 e. The average Bonchev–Trinajstić information content (AvgIpc) is 3.67. The van der Waals surface area contributed by atoms with Crippen molar-refractivity contribution in [3.05, 3.63) is 126 Å². The van der Waals surface area contributed by atoms with Crippen LogP contribution in [0.1, 0.15) is 81.2 Å². The molecule has 6 unspecified atom stereocenters. The lowest BCUT2D eigenvalue weighted by atomic mass is 9.72. The third-order valence-corrected chi connectivity index (χ3v) is 12.5. The first kappa shape index (κ1) is 42.8. The van der Waals surface area contributed by atoms with Gasteiger partial charge in [0, 0.05) is 87.6 Å². The normalized spacial score (nSPS) is 25.8. The summed E-state index contributed by atoms with van der Waals surface area (Å²) in [4.78, 5) is 19.5. The first-order chi connectivity index (χ1) is 27.8. The number of aromatic hydroxyl groups is 2. The van der Waals surface area contributed by atoms with Crippen LogP contribution in [0.5, 0.6) is 11.5 Å². The fourth-order valence-electron chi connectivity index (χ4n) is 10.4. The fourth-order valence-corrected chi connectivity index (χ4v) is 10.4. The Morgan fingerprint density at radius 3 is 1.71 bits per heavy atom. The highest BCUT2D eigenvalue weighted by molar-refractivity contribution is 6.06. The molecule has 3 aliphatic carbocycles. The lowest BCUT2D eigenvalue weighted by Gasteiger charge is -2.42. The summed E-state index contributed by atoms with van der Waals surface area (Å²) in [5.74, 6) is 6.10. The SMILES string of the molecule is C=CCN1CC2CC(C1)c1cccc(O)c1/C2=N/O.C=CCN1CC2CC(C1)c1cccc(O)c1C2=O.C=CCN1CC2CC(C1)c1noc3cccc2c13.Cl.NO. The quantitative estimate of drug-likeness (QED) is 0.0771. The molecule has 4 aromatic rings. The van der Waals surface area contributed by atoms with Crippen LogP contribution in [0.15, 0.2) is 102 Å². The van der Waals surface area contributed by atoms with E-state index in [9.17, 15) is 20.2 Å². The largest absolute Gasteiger partial charge is 0.507 e. The lowest BCUT2D eigenvalue weighted by molar-refractivity contribution is 0.0769. The molecule has 12 nitrogen and oxygen atoms in total. The minimum absolute atomic E-state index is 0. The second-order valence-electron chi connectivity index (χ2n) is 16.0. The Labute approximate surface area is 346 Å². The number of rotatable bonds is 6. The van der Waals surface area contributed by atoms with Crippen molar-refractivity contribution in [2.75, 3.05) is 58.9 Å². The molecule has 308 valence electrons. The van der Waals surface area contributed by atoms with E-state index in [1.54, 1.807) is 12.1 Å². The zero-order valence-electron chi connectivity index (χ0n) is 32.8. The lowest BCUT2D eigenvalue weighted by Crippen LogP contribution is -2.45. The van der Waals surface area contributed by atoms with Gasteiger partial charge < -0.3 is 25.2 Å². The molecule has 6 N–H and O–H groups in total. The summed E-state index contributed by atoms with van der Waals surface area (Å²) >= 11 is 0. The number of benzene rings is 3. The molecule has 3 saturated heterocycles. The van der Waals surface area contributed by atoms with Gasteiger partial charge in [0.15, 0.2) is 11.4 Å². The maximum absolute atomic E-state index is 12.4. The van der Waals surface area contributed by atoms with Crippen molar-refractivity contribution in [1.29, 1.82) is 0 Å². The highest BCUT2D eigenvalue weighted by Gasteiger charge is 2.41. The number of nitrogens with two attached hydrogens (primary N) is 1. The van der Waals surface area contributed by atoms with E-state index in [-0.39, 0.29) is 41.5 Å². The standard InChI is InChI=1S/C15H18N2O2.C15H16N2O.C15H17NO2.ClH.H3NO/c1-2-6-17-8-10-7-11(9-17)15(16-19)14-12(10)4-3-5-13(14)18;1-2-6-17-8-10-7-11(9-17)15-14-12(10)4-3-5-13(14)18-16-15;1-2-6-16-8-10-7-11(9-16)15(18)14-12(10)4-3-5-13(14)17;;1-2/h2-5,10-11,18-19H,1,6-9H2;2-5,10-11H,1,6-9H2;2-5,10-11,17H,1,6-9H2;1H;2H,1H2/b16-15+;;;;. The second-order valence-corrected chi connectivity index (χ2v) is 16.0. The van der Waals surface area contributed by atoms with Crippen LogP contribution in [-0.2, 0) is 0 Å². The summed E-state index contributed by atoms with van der Waals surface area (Å²) in [5.41, 5.74) is 7.59. The van der Waals surface area contributed by atoms with Crippen LogP contribution in [0, 0.1) is 11.8 Å². The van der Waals surface area contributed by atoms with Gasteiger partial charge in [0.2, 0.25) is 0 Å². The van der Waals surface area contributed by atoms with Gasteiger partial charge in [0.05, 0.1) is 17.0 Å². The zero-order chi connectivity index (χ0) is 40.2. The van der Waals surface area contributed by atoms with E-state index < -0.39 is 0 Å². The number of likely N-dealkylation sites (tertiary alicyclic amines) is 3. The summed E-state index contributed by atoms with van der Waals surface area (Å²) in [5, 5.41) is 44.9. The van der Waals surface area contributed by atoms with E-state index in [4.69, 9.17) is 9.73 Å². The molecule has 10 rings (SSSR count). The molecular formula is C45H55ClN6O6. The van der Waals surface area contributed by atoms with Crippen LogP contribution in [0.4, 0.5) is 0 Å². The van der Waals surface area contributed by atoms with Gasteiger partial charge in [-0.1, -0.05) is 64.9 Å². The number of phenols is 2. The summed E-state index contributed by atoms with van der Waals surface area (Å²) in [6, 6.07) is 17.3. The molecule has 6 bridgehead atoms. The van der Waals surface area contributed by atoms with Crippen molar-refractivity contribution >= 4 is 34.9 Å². The van der Waals surface area contributed by atoms with E-state index in [1.807, 2.05) is 48.6 Å². The number of carbonyl (C=O) groups is 1. The van der Waals surface area contributed by atoms with E-state index in [1.165, 1.54) is 23.1 Å². The van der Waals surface area contributed by atoms with Crippen molar-refractivity contribution in [2.24, 2.45) is 22.9 Å². The predicted molar refractivity (Wildman–Crippen MR) is 228 cm³/mol. The molecule has 13 heteroatoms. The fraction of sp³-hybridized carbons (Fsp3) is 0.400. The van der Waals surface area contributed by atoms with Crippen LogP contribution >= 0.6 is 12.4 Å². The first-order valence-electron chi connectivity index (χ1n) is 19.9. The molecule has 4 heterocycles. The molecule has 0 radical (unpaired) electrons. The van der Waals surface area contributed by atoms with Gasteiger partial charge in [-0.2, -0.15) is 0 Å². The molecular weight excluding hydrogens is 756 g/mol. The van der Waals surface area contributed by atoms with Crippen LogP contribution < -0.4 is 5.90 Å². The summed E-state index contributed by atoms with van der Waals surface area (Å²) in [6.07, 6.45) is 8.90. The van der Waals surface area contributed by atoms with Gasteiger partial charge in [0.1, 0.15) is 11.5 Å². The van der Waals surface area contributed by atoms with Gasteiger partial charge in [-0.05, 0) is 71.9 Å². The van der Waals surface area contributed by atoms with E-state index in [0.29, 0.717) is 34.9 Å². The highest BCUT2D eigenvalue weighted by Crippen LogP contribution is 2.46. The first-order valence-corrected chi connectivity index (χ1v) is 19.9. The molecule has 0 saturated carbocycles. The van der Waals surface area contributed by atoms with E-state index in [2.05, 4.69) is 62.8 Å². The summed E-state index contributed by atoms with van der Waals surface area (Å²) in [6.45, 7) is 19.8. The minimum Gasteiger partial charge on any atom is -0.507 e. The van der Waals surface area contributed by atoms with Crippen LogP contribution in [0.3, 0.4) is 0 Å². The van der Waals surface area contributed by atoms with Crippen molar-refractivity contribution in [2.45, 2.75) is 42.9 Å². The molecule has 3 fully saturated rings. The highest BCUT2D eigenvalue weighted by atomic mass is 35.5. The molecule has 0 amide bonds. The number of piperidine rings is 3. The minimum atomic E-state index is 0. The monoisotopic (exact) mass is 810 g/mol. The Hall–Kier alpha value is -4.82. The van der Waals surface area contributed by atoms with Crippen molar-refractivity contribution in [3.8, 4) is 11.5 Å². The Bertz CT molecular complexity index is 2150. The Morgan fingerprint density at radius 2 is 1.12 bits per heavy atom. The van der Waals surface area contributed by atoms with Gasteiger partial charge in [-0.25, -0.2) is 5.90 Å². The van der Waals surface area contributed by atoms with Crippen molar-refractivity contribution < 1.29 is 29.9 Å². The third-order valence-electron chi connectivity index (χ3n) is 12.5. The average molecular weight is 811 g/mol. The van der Waals surface area contributed by atoms with Gasteiger partial charge in [0.25, 0.3) is 0 Å². The zero-order valence-corrected chi connectivity index (χ0v) is 33.6. The Morgan fingerprint density at radius 1 is 0.672 bits per heavy atom. The number of hydrogen-bond acceptors (Lipinski definition) is 12. The summed E-state index contributed by atoms with van der Waals surface area (Å²) in [7, 11) is 0. The van der Waals surface area contributed by atoms with Crippen LogP contribution in [0.2, 0.25) is 0 Å². The molecule has 3 aromatic carbocycles. The second kappa shape index (κ2) is 18.8. The number of hydrogen-bond donors (Lipinski definition) is 5. The number of fused-ring (bicyclic) bond motifs is 12. The van der Waals surface area contributed by atoms with Crippen molar-refractivity contribution in [1.82, 2.24) is 19.9 Å². The van der Waals surface area contributed by atoms with Gasteiger partial charge in [-0.15, -0.1) is 32.1 Å². The van der Waals surface area contributed by atoms with Crippen LogP contribution in [-0.4, -0.2) is 111 Å². The number of oxime groups is 1. The van der Waals surface area contributed by atoms with E-state index >= 15 is 0 Å². The molecule has 58 heavy (non-hydrogen) atoms.